The zero-order valence-electron chi connectivity index (χ0n) is 16.7. The Morgan fingerprint density at radius 1 is 1.00 bits per heavy atom. The maximum absolute atomic E-state index is 12.7. The summed E-state index contributed by atoms with van der Waals surface area (Å²) in [4.78, 5) is 21.4. The van der Waals surface area contributed by atoms with Gasteiger partial charge in [-0.15, -0.1) is 0 Å². The minimum absolute atomic E-state index is 0.277. The SMILES string of the molecule is Cc1nn(-c2ncc(NC(=O)c3cc(-c4ccccc4)nn3C)cn2)c(C)c1C. The molecular weight excluding hydrogens is 366 g/mol. The van der Waals surface area contributed by atoms with Crippen LogP contribution in [0.3, 0.4) is 0 Å². The predicted octanol–water partition coefficient (Wildman–Crippen LogP) is 3.24. The normalized spacial score (nSPS) is 10.9. The van der Waals surface area contributed by atoms with E-state index in [-0.39, 0.29) is 5.91 Å². The summed E-state index contributed by atoms with van der Waals surface area (Å²) in [6.07, 6.45) is 3.14. The first-order valence-corrected chi connectivity index (χ1v) is 9.20. The Labute approximate surface area is 168 Å². The number of carbonyl (C=O) groups is 1. The van der Waals surface area contributed by atoms with Crippen molar-refractivity contribution in [2.45, 2.75) is 20.8 Å². The van der Waals surface area contributed by atoms with Gasteiger partial charge in [-0.05, 0) is 32.4 Å². The van der Waals surface area contributed by atoms with Crippen molar-refractivity contribution in [2.75, 3.05) is 5.32 Å². The Morgan fingerprint density at radius 3 is 2.31 bits per heavy atom. The zero-order valence-corrected chi connectivity index (χ0v) is 16.7. The van der Waals surface area contributed by atoms with Crippen LogP contribution in [-0.2, 0) is 7.05 Å². The molecule has 0 fully saturated rings. The van der Waals surface area contributed by atoms with Crippen LogP contribution < -0.4 is 5.32 Å². The molecule has 0 radical (unpaired) electrons. The summed E-state index contributed by atoms with van der Waals surface area (Å²) in [5.74, 6) is 0.184. The van der Waals surface area contributed by atoms with Crippen molar-refractivity contribution < 1.29 is 4.79 Å². The van der Waals surface area contributed by atoms with Crippen molar-refractivity contribution in [2.24, 2.45) is 7.05 Å². The molecule has 8 heteroatoms. The molecule has 1 aromatic carbocycles. The van der Waals surface area contributed by atoms with Gasteiger partial charge in [0, 0.05) is 18.3 Å². The molecule has 0 bridgehead atoms. The lowest BCUT2D eigenvalue weighted by Crippen LogP contribution is -2.16. The van der Waals surface area contributed by atoms with Crippen LogP contribution in [0.5, 0.6) is 0 Å². The van der Waals surface area contributed by atoms with Gasteiger partial charge >= 0.3 is 0 Å². The van der Waals surface area contributed by atoms with Gasteiger partial charge < -0.3 is 5.32 Å². The lowest BCUT2D eigenvalue weighted by Gasteiger charge is -2.06. The molecule has 0 unspecified atom stereocenters. The fourth-order valence-corrected chi connectivity index (χ4v) is 3.04. The molecule has 3 aromatic heterocycles. The highest BCUT2D eigenvalue weighted by Gasteiger charge is 2.16. The second kappa shape index (κ2) is 7.31. The van der Waals surface area contributed by atoms with Crippen LogP contribution in [-0.4, -0.2) is 35.4 Å². The molecule has 0 atom stereocenters. The zero-order chi connectivity index (χ0) is 20.5. The van der Waals surface area contributed by atoms with Crippen molar-refractivity contribution in [1.29, 1.82) is 0 Å². The molecular formula is C21H21N7O. The number of rotatable bonds is 4. The van der Waals surface area contributed by atoms with Crippen LogP contribution in [0.1, 0.15) is 27.4 Å². The number of anilines is 1. The number of carbonyl (C=O) groups excluding carboxylic acids is 1. The first kappa shape index (κ1) is 18.5. The Kier molecular flexibility index (Phi) is 4.67. The number of hydrogen-bond acceptors (Lipinski definition) is 5. The summed E-state index contributed by atoms with van der Waals surface area (Å²) < 4.78 is 3.26. The average molecular weight is 387 g/mol. The number of benzene rings is 1. The Morgan fingerprint density at radius 2 is 1.69 bits per heavy atom. The number of hydrogen-bond donors (Lipinski definition) is 1. The van der Waals surface area contributed by atoms with Gasteiger partial charge in [-0.1, -0.05) is 30.3 Å². The third-order valence-electron chi connectivity index (χ3n) is 4.92. The van der Waals surface area contributed by atoms with Crippen molar-refractivity contribution in [1.82, 2.24) is 29.5 Å². The van der Waals surface area contributed by atoms with Crippen LogP contribution in [0.2, 0.25) is 0 Å². The van der Waals surface area contributed by atoms with Gasteiger partial charge in [-0.2, -0.15) is 10.2 Å². The third kappa shape index (κ3) is 3.52. The summed E-state index contributed by atoms with van der Waals surface area (Å²) in [5.41, 5.74) is 5.68. The van der Waals surface area contributed by atoms with Gasteiger partial charge in [-0.25, -0.2) is 14.6 Å². The largest absolute Gasteiger partial charge is 0.318 e. The lowest BCUT2D eigenvalue weighted by atomic mass is 10.1. The molecule has 1 N–H and O–H groups in total. The molecule has 0 aliphatic rings. The second-order valence-corrected chi connectivity index (χ2v) is 6.84. The van der Waals surface area contributed by atoms with Crippen LogP contribution in [0.25, 0.3) is 17.2 Å². The Hall–Kier alpha value is -3.81. The van der Waals surface area contributed by atoms with E-state index in [9.17, 15) is 4.79 Å². The number of nitrogens with one attached hydrogen (secondary N) is 1. The van der Waals surface area contributed by atoms with E-state index in [4.69, 9.17) is 0 Å². The second-order valence-electron chi connectivity index (χ2n) is 6.84. The van der Waals surface area contributed by atoms with Crippen LogP contribution in [0, 0.1) is 20.8 Å². The number of aryl methyl sites for hydroxylation is 2. The van der Waals surface area contributed by atoms with Crippen molar-refractivity contribution >= 4 is 11.6 Å². The molecule has 1 amide bonds. The van der Waals surface area contributed by atoms with E-state index in [1.54, 1.807) is 34.9 Å². The smallest absolute Gasteiger partial charge is 0.274 e. The molecule has 3 heterocycles. The first-order chi connectivity index (χ1) is 13.9. The quantitative estimate of drug-likeness (QED) is 0.580. The highest BCUT2D eigenvalue weighted by Crippen LogP contribution is 2.19. The summed E-state index contributed by atoms with van der Waals surface area (Å²) in [6, 6.07) is 11.5. The average Bonchev–Trinajstić information content (AvgIpc) is 3.24. The van der Waals surface area contributed by atoms with Gasteiger partial charge in [0.2, 0.25) is 0 Å². The number of aromatic nitrogens is 6. The maximum Gasteiger partial charge on any atom is 0.274 e. The van der Waals surface area contributed by atoms with Gasteiger partial charge in [0.1, 0.15) is 5.69 Å². The summed E-state index contributed by atoms with van der Waals surface area (Å²) in [6.45, 7) is 5.94. The minimum Gasteiger partial charge on any atom is -0.318 e. The number of amides is 1. The molecule has 4 rings (SSSR count). The molecule has 8 nitrogen and oxygen atoms in total. The Balaban J connectivity index is 1.53. The first-order valence-electron chi connectivity index (χ1n) is 9.20. The van der Waals surface area contributed by atoms with E-state index in [0.29, 0.717) is 17.3 Å². The third-order valence-corrected chi connectivity index (χ3v) is 4.92. The van der Waals surface area contributed by atoms with Gasteiger partial charge in [0.25, 0.3) is 11.9 Å². The maximum atomic E-state index is 12.7. The molecule has 0 saturated heterocycles. The standard InChI is InChI=1S/C21H21N7O/c1-13-14(2)25-28(15(13)3)21-22-11-17(12-23-21)24-20(29)19-10-18(26-27(19)4)16-8-6-5-7-9-16/h5-12H,1-4H3,(H,24,29). The molecule has 29 heavy (non-hydrogen) atoms. The van der Waals surface area contributed by atoms with Crippen molar-refractivity contribution in [3.8, 4) is 17.2 Å². The van der Waals surface area contributed by atoms with E-state index in [2.05, 4.69) is 25.5 Å². The van der Waals surface area contributed by atoms with E-state index in [1.807, 2.05) is 51.1 Å². The van der Waals surface area contributed by atoms with E-state index in [0.717, 1.165) is 28.2 Å². The molecule has 0 aliphatic heterocycles. The van der Waals surface area contributed by atoms with Crippen LogP contribution in [0.15, 0.2) is 48.8 Å². The van der Waals surface area contributed by atoms with E-state index < -0.39 is 0 Å². The van der Waals surface area contributed by atoms with Crippen molar-refractivity contribution in [3.05, 3.63) is 71.4 Å². The van der Waals surface area contributed by atoms with Crippen LogP contribution in [0.4, 0.5) is 5.69 Å². The molecule has 146 valence electrons. The fourth-order valence-electron chi connectivity index (χ4n) is 3.04. The lowest BCUT2D eigenvalue weighted by molar-refractivity contribution is 0.101. The summed E-state index contributed by atoms with van der Waals surface area (Å²) in [5, 5.41) is 11.7. The topological polar surface area (TPSA) is 90.5 Å². The van der Waals surface area contributed by atoms with E-state index in [1.165, 1.54) is 0 Å². The molecule has 0 aliphatic carbocycles. The summed E-state index contributed by atoms with van der Waals surface area (Å²) >= 11 is 0. The predicted molar refractivity (Wildman–Crippen MR) is 110 cm³/mol. The summed E-state index contributed by atoms with van der Waals surface area (Å²) in [7, 11) is 1.74. The highest BCUT2D eigenvalue weighted by molar-refractivity contribution is 6.03. The molecule has 0 spiro atoms. The van der Waals surface area contributed by atoms with Gasteiger partial charge in [0.05, 0.1) is 29.5 Å². The van der Waals surface area contributed by atoms with Gasteiger partial charge in [0.15, 0.2) is 0 Å². The van der Waals surface area contributed by atoms with Crippen molar-refractivity contribution in [3.63, 3.8) is 0 Å². The molecule has 4 aromatic rings. The molecule has 0 saturated carbocycles. The fraction of sp³-hybridized carbons (Fsp3) is 0.190. The van der Waals surface area contributed by atoms with Gasteiger partial charge in [-0.3, -0.25) is 9.48 Å². The number of nitrogens with zero attached hydrogens (tertiary/aromatic N) is 6. The highest BCUT2D eigenvalue weighted by atomic mass is 16.2. The Bertz CT molecular complexity index is 1170. The monoisotopic (exact) mass is 387 g/mol. The van der Waals surface area contributed by atoms with E-state index >= 15 is 0 Å². The minimum atomic E-state index is -0.277. The van der Waals surface area contributed by atoms with Crippen LogP contribution >= 0.6 is 0 Å².